The van der Waals surface area contributed by atoms with Crippen molar-refractivity contribution in [2.75, 3.05) is 7.11 Å². The van der Waals surface area contributed by atoms with Gasteiger partial charge in [0.2, 0.25) is 0 Å². The lowest BCUT2D eigenvalue weighted by Crippen LogP contribution is -1.93. The smallest absolute Gasteiger partial charge is 0.254 e. The Balaban J connectivity index is 1.94. The lowest BCUT2D eigenvalue weighted by atomic mass is 10.1. The minimum atomic E-state index is -0.508. The van der Waals surface area contributed by atoms with Crippen molar-refractivity contribution in [3.63, 3.8) is 0 Å². The summed E-state index contributed by atoms with van der Waals surface area (Å²) in [6.07, 6.45) is 1.62. The standard InChI is InChI=1S/C17H15ClN2O2/c1-22-13-9-8-12(17(18)21)15-16(13)20-14(19-15)10-7-11-5-3-2-4-6-11/h2-6,8-9H,7,10H2,1H3,(H,19,20). The van der Waals surface area contributed by atoms with Gasteiger partial charge in [0, 0.05) is 6.42 Å². The Bertz CT molecular complexity index is 812. The number of H-pyrrole nitrogens is 1. The number of aryl methyl sites for hydroxylation is 2. The van der Waals surface area contributed by atoms with Gasteiger partial charge in [0.1, 0.15) is 17.1 Å². The van der Waals surface area contributed by atoms with Crippen molar-refractivity contribution in [1.82, 2.24) is 9.97 Å². The van der Waals surface area contributed by atoms with Crippen LogP contribution in [0.3, 0.4) is 0 Å². The molecule has 0 aliphatic heterocycles. The number of aromatic nitrogens is 2. The topological polar surface area (TPSA) is 55.0 Å². The largest absolute Gasteiger partial charge is 0.494 e. The average Bonchev–Trinajstić information content (AvgIpc) is 2.96. The lowest BCUT2D eigenvalue weighted by molar-refractivity contribution is 0.108. The number of hydrogen-bond acceptors (Lipinski definition) is 3. The third-order valence-electron chi connectivity index (χ3n) is 3.58. The molecule has 2 aromatic carbocycles. The molecular formula is C17H15ClN2O2. The molecule has 0 spiro atoms. The van der Waals surface area contributed by atoms with Gasteiger partial charge in [-0.1, -0.05) is 30.3 Å². The monoisotopic (exact) mass is 314 g/mol. The number of nitrogens with zero attached hydrogens (tertiary/aromatic N) is 1. The number of halogens is 1. The Morgan fingerprint density at radius 2 is 1.95 bits per heavy atom. The van der Waals surface area contributed by atoms with Crippen LogP contribution < -0.4 is 4.74 Å². The fourth-order valence-electron chi connectivity index (χ4n) is 2.47. The summed E-state index contributed by atoms with van der Waals surface area (Å²) in [6, 6.07) is 13.5. The average molecular weight is 315 g/mol. The van der Waals surface area contributed by atoms with Gasteiger partial charge < -0.3 is 9.72 Å². The first-order chi connectivity index (χ1) is 10.7. The van der Waals surface area contributed by atoms with E-state index in [1.165, 1.54) is 5.56 Å². The number of imidazole rings is 1. The summed E-state index contributed by atoms with van der Waals surface area (Å²) in [4.78, 5) is 19.3. The molecule has 0 atom stereocenters. The molecule has 0 fully saturated rings. The first kappa shape index (κ1) is 14.6. The highest BCUT2D eigenvalue weighted by molar-refractivity contribution is 6.68. The van der Waals surface area contributed by atoms with Crippen LogP contribution in [0.4, 0.5) is 0 Å². The van der Waals surface area contributed by atoms with E-state index in [1.807, 2.05) is 18.2 Å². The van der Waals surface area contributed by atoms with Gasteiger partial charge in [0.05, 0.1) is 18.2 Å². The molecule has 1 N–H and O–H groups in total. The van der Waals surface area contributed by atoms with Gasteiger partial charge in [0.15, 0.2) is 0 Å². The molecule has 0 saturated heterocycles. The summed E-state index contributed by atoms with van der Waals surface area (Å²) in [5.41, 5.74) is 2.92. The minimum absolute atomic E-state index is 0.413. The zero-order valence-corrected chi connectivity index (χ0v) is 12.9. The van der Waals surface area contributed by atoms with E-state index in [9.17, 15) is 4.79 Å². The van der Waals surface area contributed by atoms with Gasteiger partial charge in [-0.2, -0.15) is 0 Å². The van der Waals surface area contributed by atoms with Gasteiger partial charge >= 0.3 is 0 Å². The maximum Gasteiger partial charge on any atom is 0.254 e. The SMILES string of the molecule is COc1ccc(C(=O)Cl)c2[nH]c(CCc3ccccc3)nc12. The first-order valence-electron chi connectivity index (χ1n) is 6.98. The summed E-state index contributed by atoms with van der Waals surface area (Å²) >= 11 is 5.63. The van der Waals surface area contributed by atoms with Crippen LogP contribution in [0.1, 0.15) is 21.7 Å². The summed E-state index contributed by atoms with van der Waals surface area (Å²) < 4.78 is 5.30. The van der Waals surface area contributed by atoms with Crippen molar-refractivity contribution in [3.8, 4) is 5.75 Å². The molecule has 5 heteroatoms. The molecule has 4 nitrogen and oxygen atoms in total. The van der Waals surface area contributed by atoms with E-state index in [4.69, 9.17) is 16.3 Å². The van der Waals surface area contributed by atoms with Crippen molar-refractivity contribution in [3.05, 3.63) is 59.4 Å². The van der Waals surface area contributed by atoms with Crippen molar-refractivity contribution in [2.24, 2.45) is 0 Å². The van der Waals surface area contributed by atoms with Crippen molar-refractivity contribution >= 4 is 27.9 Å². The number of benzene rings is 2. The second-order valence-electron chi connectivity index (χ2n) is 4.98. The van der Waals surface area contributed by atoms with Gasteiger partial charge in [-0.05, 0) is 35.7 Å². The number of carbonyl (C=O) groups is 1. The number of rotatable bonds is 5. The molecule has 0 amide bonds. The Labute approximate surface area is 133 Å². The normalized spacial score (nSPS) is 10.8. The molecule has 0 radical (unpaired) electrons. The Morgan fingerprint density at radius 1 is 1.18 bits per heavy atom. The van der Waals surface area contributed by atoms with Crippen LogP contribution >= 0.6 is 11.6 Å². The molecule has 1 aromatic heterocycles. The Kier molecular flexibility index (Phi) is 4.11. The van der Waals surface area contributed by atoms with Crippen molar-refractivity contribution in [1.29, 1.82) is 0 Å². The number of carbonyl (C=O) groups excluding carboxylic acids is 1. The molecule has 0 unspecified atom stereocenters. The summed E-state index contributed by atoms with van der Waals surface area (Å²) in [6.45, 7) is 0. The van der Waals surface area contributed by atoms with Crippen molar-refractivity contribution in [2.45, 2.75) is 12.8 Å². The highest BCUT2D eigenvalue weighted by atomic mass is 35.5. The van der Waals surface area contributed by atoms with Crippen LogP contribution in [-0.2, 0) is 12.8 Å². The van der Waals surface area contributed by atoms with Crippen molar-refractivity contribution < 1.29 is 9.53 Å². The molecule has 3 aromatic rings. The van der Waals surface area contributed by atoms with E-state index in [0.29, 0.717) is 22.3 Å². The fraction of sp³-hybridized carbons (Fsp3) is 0.176. The first-order valence-corrected chi connectivity index (χ1v) is 7.36. The zero-order chi connectivity index (χ0) is 15.5. The number of aromatic amines is 1. The summed E-state index contributed by atoms with van der Waals surface area (Å²) in [5.74, 6) is 1.43. The van der Waals surface area contributed by atoms with E-state index < -0.39 is 5.24 Å². The predicted octanol–water partition coefficient (Wildman–Crippen LogP) is 3.74. The van der Waals surface area contributed by atoms with E-state index >= 15 is 0 Å². The second kappa shape index (κ2) is 6.20. The maximum absolute atomic E-state index is 11.5. The van der Waals surface area contributed by atoms with Gasteiger partial charge in [0.25, 0.3) is 5.24 Å². The Hall–Kier alpha value is -2.33. The maximum atomic E-state index is 11.5. The highest BCUT2D eigenvalue weighted by Gasteiger charge is 2.15. The minimum Gasteiger partial charge on any atom is -0.494 e. The third-order valence-corrected chi connectivity index (χ3v) is 3.79. The molecule has 3 rings (SSSR count). The molecule has 0 saturated carbocycles. The quantitative estimate of drug-likeness (QED) is 0.730. The number of ether oxygens (including phenoxy) is 1. The van der Waals surface area contributed by atoms with E-state index in [2.05, 4.69) is 22.1 Å². The predicted molar refractivity (Wildman–Crippen MR) is 86.7 cm³/mol. The van der Waals surface area contributed by atoms with Crippen LogP contribution in [-0.4, -0.2) is 22.3 Å². The van der Waals surface area contributed by atoms with Gasteiger partial charge in [-0.25, -0.2) is 4.98 Å². The summed E-state index contributed by atoms with van der Waals surface area (Å²) in [7, 11) is 1.58. The lowest BCUT2D eigenvalue weighted by Gasteiger charge is -2.02. The number of fused-ring (bicyclic) bond motifs is 1. The molecule has 0 aliphatic carbocycles. The van der Waals surface area contributed by atoms with Gasteiger partial charge in [-0.3, -0.25) is 4.79 Å². The van der Waals surface area contributed by atoms with E-state index in [-0.39, 0.29) is 0 Å². The molecule has 0 bridgehead atoms. The van der Waals surface area contributed by atoms with Crippen LogP contribution in [0.2, 0.25) is 0 Å². The highest BCUT2D eigenvalue weighted by Crippen LogP contribution is 2.27. The summed E-state index contributed by atoms with van der Waals surface area (Å²) in [5, 5.41) is -0.508. The van der Waals surface area contributed by atoms with Crippen LogP contribution in [0.15, 0.2) is 42.5 Å². The molecular weight excluding hydrogens is 300 g/mol. The number of hydrogen-bond donors (Lipinski definition) is 1. The molecule has 0 aliphatic rings. The number of methoxy groups -OCH3 is 1. The van der Waals surface area contributed by atoms with E-state index in [1.54, 1.807) is 19.2 Å². The van der Waals surface area contributed by atoms with Crippen LogP contribution in [0.25, 0.3) is 11.0 Å². The molecule has 1 heterocycles. The van der Waals surface area contributed by atoms with Gasteiger partial charge in [-0.15, -0.1) is 0 Å². The molecule has 112 valence electrons. The number of nitrogens with one attached hydrogen (secondary N) is 1. The second-order valence-corrected chi connectivity index (χ2v) is 5.33. The Morgan fingerprint density at radius 3 is 2.64 bits per heavy atom. The van der Waals surface area contributed by atoms with Crippen LogP contribution in [0, 0.1) is 0 Å². The molecule has 22 heavy (non-hydrogen) atoms. The van der Waals surface area contributed by atoms with E-state index in [0.717, 1.165) is 18.7 Å². The fourth-order valence-corrected chi connectivity index (χ4v) is 2.63. The zero-order valence-electron chi connectivity index (χ0n) is 12.1. The van der Waals surface area contributed by atoms with Crippen LogP contribution in [0.5, 0.6) is 5.75 Å². The third kappa shape index (κ3) is 2.83.